The minimum Gasteiger partial charge on any atom is -0.478 e. The minimum atomic E-state index is -0.252. The van der Waals surface area contributed by atoms with Gasteiger partial charge in [-0.1, -0.05) is 0 Å². The van der Waals surface area contributed by atoms with Gasteiger partial charge in [0, 0.05) is 39.8 Å². The second-order valence-corrected chi connectivity index (χ2v) is 5.19. The third kappa shape index (κ3) is 3.60. The van der Waals surface area contributed by atoms with Gasteiger partial charge in [-0.3, -0.25) is 4.79 Å². The number of rotatable bonds is 4. The molecule has 1 fully saturated rings. The molecule has 1 aromatic heterocycles. The quantitative estimate of drug-likeness (QED) is 0.846. The number of hydrogen-bond acceptors (Lipinski definition) is 6. The van der Waals surface area contributed by atoms with Crippen LogP contribution >= 0.6 is 0 Å². The summed E-state index contributed by atoms with van der Waals surface area (Å²) in [4.78, 5) is 24.7. The van der Waals surface area contributed by atoms with Crippen molar-refractivity contribution in [3.05, 3.63) is 11.9 Å². The first-order valence-electron chi connectivity index (χ1n) is 7.20. The van der Waals surface area contributed by atoms with Gasteiger partial charge in [-0.25, -0.2) is 4.98 Å². The third-order valence-corrected chi connectivity index (χ3v) is 3.36. The van der Waals surface area contributed by atoms with Crippen molar-refractivity contribution in [3.63, 3.8) is 0 Å². The number of nitrogens with zero attached hydrogens (tertiary/aromatic N) is 4. The summed E-state index contributed by atoms with van der Waals surface area (Å²) in [5.74, 6) is 2.00. The average molecular weight is 293 g/mol. The summed E-state index contributed by atoms with van der Waals surface area (Å²) < 4.78 is 5.47. The third-order valence-electron chi connectivity index (χ3n) is 3.36. The fourth-order valence-corrected chi connectivity index (χ4v) is 2.39. The number of nitrogens with one attached hydrogen (secondary N) is 1. The summed E-state index contributed by atoms with van der Waals surface area (Å²) in [6.45, 7) is 6.47. The van der Waals surface area contributed by atoms with Crippen molar-refractivity contribution in [2.24, 2.45) is 0 Å². The van der Waals surface area contributed by atoms with E-state index in [-0.39, 0.29) is 11.9 Å². The Balaban J connectivity index is 2.30. The molecule has 1 unspecified atom stereocenters. The molecule has 2 rings (SSSR count). The Morgan fingerprint density at radius 1 is 1.52 bits per heavy atom. The van der Waals surface area contributed by atoms with E-state index < -0.39 is 0 Å². The van der Waals surface area contributed by atoms with Crippen LogP contribution in [0.1, 0.15) is 12.7 Å². The number of anilines is 1. The van der Waals surface area contributed by atoms with Crippen molar-refractivity contribution in [2.75, 3.05) is 45.2 Å². The summed E-state index contributed by atoms with van der Waals surface area (Å²) in [5.41, 5.74) is 0. The Labute approximate surface area is 125 Å². The lowest BCUT2D eigenvalue weighted by atomic mass is 10.1. The van der Waals surface area contributed by atoms with Crippen molar-refractivity contribution in [1.29, 1.82) is 0 Å². The second kappa shape index (κ2) is 6.71. The molecular formula is C14H23N5O2. The van der Waals surface area contributed by atoms with Gasteiger partial charge in [0.05, 0.1) is 6.61 Å². The van der Waals surface area contributed by atoms with Gasteiger partial charge < -0.3 is 19.9 Å². The zero-order valence-electron chi connectivity index (χ0n) is 13.1. The van der Waals surface area contributed by atoms with Crippen LogP contribution in [-0.4, -0.2) is 67.2 Å². The molecule has 21 heavy (non-hydrogen) atoms. The molecule has 1 aliphatic heterocycles. The molecule has 0 aromatic carbocycles. The van der Waals surface area contributed by atoms with Gasteiger partial charge in [0.15, 0.2) is 0 Å². The molecular weight excluding hydrogens is 270 g/mol. The number of aromatic nitrogens is 2. The van der Waals surface area contributed by atoms with Crippen molar-refractivity contribution in [2.45, 2.75) is 19.9 Å². The summed E-state index contributed by atoms with van der Waals surface area (Å²) in [6.07, 6.45) is 0. The van der Waals surface area contributed by atoms with E-state index in [1.165, 1.54) is 0 Å². The molecule has 7 heteroatoms. The Bertz CT molecular complexity index is 506. The van der Waals surface area contributed by atoms with Gasteiger partial charge in [0.2, 0.25) is 11.8 Å². The van der Waals surface area contributed by atoms with Crippen molar-refractivity contribution in [1.82, 2.24) is 20.2 Å². The van der Waals surface area contributed by atoms with Crippen LogP contribution in [0.4, 0.5) is 5.82 Å². The fraction of sp³-hybridized carbons (Fsp3) is 0.643. The Morgan fingerprint density at radius 2 is 2.29 bits per heavy atom. The molecule has 1 N–H and O–H groups in total. The van der Waals surface area contributed by atoms with Gasteiger partial charge in [0.25, 0.3) is 0 Å². The highest BCUT2D eigenvalue weighted by molar-refractivity contribution is 5.85. The molecule has 0 radical (unpaired) electrons. The topological polar surface area (TPSA) is 70.6 Å². The number of ether oxygens (including phenoxy) is 1. The van der Waals surface area contributed by atoms with Crippen LogP contribution in [0.3, 0.4) is 0 Å². The number of aryl methyl sites for hydroxylation is 1. The molecule has 0 spiro atoms. The van der Waals surface area contributed by atoms with Crippen molar-refractivity contribution >= 4 is 11.7 Å². The second-order valence-electron chi connectivity index (χ2n) is 5.19. The average Bonchev–Trinajstić information content (AvgIpc) is 2.46. The van der Waals surface area contributed by atoms with Crippen molar-refractivity contribution in [3.8, 4) is 5.88 Å². The first kappa shape index (κ1) is 15.5. The van der Waals surface area contributed by atoms with Gasteiger partial charge in [-0.05, 0) is 13.8 Å². The van der Waals surface area contributed by atoms with Crippen molar-refractivity contribution < 1.29 is 9.53 Å². The fourth-order valence-electron chi connectivity index (χ4n) is 2.39. The Kier molecular flexibility index (Phi) is 4.95. The highest BCUT2D eigenvalue weighted by Gasteiger charge is 2.31. The zero-order valence-corrected chi connectivity index (χ0v) is 13.1. The summed E-state index contributed by atoms with van der Waals surface area (Å²) in [6, 6.07) is 1.55. The van der Waals surface area contributed by atoms with Crippen LogP contribution in [-0.2, 0) is 4.79 Å². The summed E-state index contributed by atoms with van der Waals surface area (Å²) in [7, 11) is 3.54. The normalized spacial score (nSPS) is 18.5. The first-order valence-corrected chi connectivity index (χ1v) is 7.20. The SMILES string of the molecule is CCOc1cc(N2CCNCC2C(=O)N(C)C)nc(C)n1. The number of piperazine rings is 1. The largest absolute Gasteiger partial charge is 0.478 e. The highest BCUT2D eigenvalue weighted by atomic mass is 16.5. The van der Waals surface area contributed by atoms with E-state index in [9.17, 15) is 4.79 Å². The first-order chi connectivity index (χ1) is 10.0. The molecule has 116 valence electrons. The van der Waals surface area contributed by atoms with Crippen LogP contribution in [0.15, 0.2) is 6.07 Å². The van der Waals surface area contributed by atoms with E-state index in [2.05, 4.69) is 15.3 Å². The lowest BCUT2D eigenvalue weighted by molar-refractivity contribution is -0.130. The highest BCUT2D eigenvalue weighted by Crippen LogP contribution is 2.21. The number of carbonyl (C=O) groups is 1. The summed E-state index contributed by atoms with van der Waals surface area (Å²) >= 11 is 0. The van der Waals surface area contributed by atoms with E-state index in [4.69, 9.17) is 4.74 Å². The summed E-state index contributed by atoms with van der Waals surface area (Å²) in [5, 5.41) is 3.26. The van der Waals surface area contributed by atoms with Crippen LogP contribution < -0.4 is 15.0 Å². The molecule has 0 bridgehead atoms. The van der Waals surface area contributed by atoms with E-state index >= 15 is 0 Å². The lowest BCUT2D eigenvalue weighted by Crippen LogP contribution is -2.58. The van der Waals surface area contributed by atoms with E-state index in [0.717, 1.165) is 18.9 Å². The molecule has 1 saturated heterocycles. The minimum absolute atomic E-state index is 0.0661. The number of likely N-dealkylation sites (N-methyl/N-ethyl adjacent to an activating group) is 1. The molecule has 0 aliphatic carbocycles. The molecule has 7 nitrogen and oxygen atoms in total. The monoisotopic (exact) mass is 293 g/mol. The van der Waals surface area contributed by atoms with E-state index in [1.54, 1.807) is 25.1 Å². The Morgan fingerprint density at radius 3 is 2.95 bits per heavy atom. The maximum absolute atomic E-state index is 12.3. The zero-order chi connectivity index (χ0) is 15.4. The molecule has 1 aliphatic rings. The predicted octanol–water partition coefficient (Wildman–Crippen LogP) is 0.0501. The van der Waals surface area contributed by atoms with Crippen LogP contribution in [0.25, 0.3) is 0 Å². The van der Waals surface area contributed by atoms with E-state index in [1.807, 2.05) is 18.7 Å². The standard InChI is InChI=1S/C14H23N5O2/c1-5-21-13-8-12(16-10(2)17-13)19-7-6-15-9-11(19)14(20)18(3)4/h8,11,15H,5-7,9H2,1-4H3. The van der Waals surface area contributed by atoms with Gasteiger partial charge >= 0.3 is 0 Å². The predicted molar refractivity (Wildman–Crippen MR) is 80.6 cm³/mol. The van der Waals surface area contributed by atoms with Crippen LogP contribution in [0, 0.1) is 6.92 Å². The maximum Gasteiger partial charge on any atom is 0.246 e. The Hall–Kier alpha value is -1.89. The van der Waals surface area contributed by atoms with Crippen LogP contribution in [0.2, 0.25) is 0 Å². The number of carbonyl (C=O) groups excluding carboxylic acids is 1. The molecule has 1 amide bonds. The van der Waals surface area contributed by atoms with E-state index in [0.29, 0.717) is 24.9 Å². The lowest BCUT2D eigenvalue weighted by Gasteiger charge is -2.37. The molecule has 1 atom stereocenters. The molecule has 2 heterocycles. The maximum atomic E-state index is 12.3. The smallest absolute Gasteiger partial charge is 0.246 e. The molecule has 0 saturated carbocycles. The molecule has 1 aromatic rings. The van der Waals surface area contributed by atoms with Gasteiger partial charge in [0.1, 0.15) is 17.7 Å². The van der Waals surface area contributed by atoms with Gasteiger partial charge in [-0.2, -0.15) is 4.98 Å². The number of amides is 1. The van der Waals surface area contributed by atoms with Crippen LogP contribution in [0.5, 0.6) is 5.88 Å². The number of hydrogen-bond donors (Lipinski definition) is 1. The van der Waals surface area contributed by atoms with Gasteiger partial charge in [-0.15, -0.1) is 0 Å².